The summed E-state index contributed by atoms with van der Waals surface area (Å²) < 4.78 is 4.77. The molecule has 0 atom stereocenters. The Balaban J connectivity index is 2.18. The van der Waals surface area contributed by atoms with E-state index in [9.17, 15) is 9.59 Å². The second kappa shape index (κ2) is 6.12. The van der Waals surface area contributed by atoms with E-state index in [2.05, 4.69) is 10.5 Å². The summed E-state index contributed by atoms with van der Waals surface area (Å²) in [6.45, 7) is 0.572. The van der Waals surface area contributed by atoms with E-state index in [1.807, 2.05) is 6.07 Å². The fraction of sp³-hybridized carbons (Fsp3) is 0.231. The van der Waals surface area contributed by atoms with E-state index in [1.54, 1.807) is 18.2 Å². The Morgan fingerprint density at radius 1 is 1.32 bits per heavy atom. The van der Waals surface area contributed by atoms with E-state index in [4.69, 9.17) is 9.57 Å². The van der Waals surface area contributed by atoms with Gasteiger partial charge in [0, 0.05) is 24.2 Å². The predicted octanol–water partition coefficient (Wildman–Crippen LogP) is 0.836. The molecule has 2 N–H and O–H groups in total. The summed E-state index contributed by atoms with van der Waals surface area (Å²) in [5.41, 5.74) is 2.56. The minimum Gasteiger partial charge on any atom is -0.382 e. The van der Waals surface area contributed by atoms with E-state index in [-0.39, 0.29) is 17.6 Å². The lowest BCUT2D eigenvalue weighted by molar-refractivity contribution is 0.00881. The number of nitrogens with one attached hydrogen (secondary N) is 2. The molecule has 0 saturated carbocycles. The highest BCUT2D eigenvalue weighted by Crippen LogP contribution is 2.06. The van der Waals surface area contributed by atoms with Gasteiger partial charge in [-0.15, -0.1) is 0 Å². The average molecular weight is 262 g/mol. The van der Waals surface area contributed by atoms with E-state index >= 15 is 0 Å². The molecular weight excluding hydrogens is 248 g/mol. The fourth-order valence-corrected chi connectivity index (χ4v) is 1.63. The van der Waals surface area contributed by atoms with E-state index in [0.29, 0.717) is 17.5 Å². The number of rotatable bonds is 5. The van der Waals surface area contributed by atoms with Gasteiger partial charge < -0.3 is 9.72 Å². The second-order valence-corrected chi connectivity index (χ2v) is 3.85. The molecule has 1 amide bonds. The van der Waals surface area contributed by atoms with Crippen LogP contribution < -0.4 is 10.9 Å². The maximum atomic E-state index is 12.1. The van der Waals surface area contributed by atoms with Crippen molar-refractivity contribution in [3.05, 3.63) is 46.2 Å². The van der Waals surface area contributed by atoms with E-state index in [0.717, 1.165) is 0 Å². The number of aromatic nitrogens is 1. The van der Waals surface area contributed by atoms with E-state index < -0.39 is 5.91 Å². The molecule has 0 spiro atoms. The van der Waals surface area contributed by atoms with Gasteiger partial charge in [0.2, 0.25) is 5.43 Å². The van der Waals surface area contributed by atoms with Crippen molar-refractivity contribution >= 4 is 16.8 Å². The van der Waals surface area contributed by atoms with Crippen LogP contribution in [0.15, 0.2) is 35.3 Å². The number of H-pyrrole nitrogens is 1. The minimum atomic E-state index is -0.580. The first-order valence-corrected chi connectivity index (χ1v) is 5.75. The second-order valence-electron chi connectivity index (χ2n) is 3.85. The smallest absolute Gasteiger partial charge is 0.280 e. The van der Waals surface area contributed by atoms with Gasteiger partial charge in [-0.05, 0) is 12.1 Å². The maximum Gasteiger partial charge on any atom is 0.280 e. The highest BCUT2D eigenvalue weighted by atomic mass is 16.7. The third kappa shape index (κ3) is 2.98. The molecule has 6 nitrogen and oxygen atoms in total. The van der Waals surface area contributed by atoms with Crippen molar-refractivity contribution in [1.82, 2.24) is 10.5 Å². The number of hydrogen-bond donors (Lipinski definition) is 2. The van der Waals surface area contributed by atoms with Crippen molar-refractivity contribution in [3.63, 3.8) is 0 Å². The molecule has 100 valence electrons. The van der Waals surface area contributed by atoms with Crippen LogP contribution in [0.1, 0.15) is 10.4 Å². The Morgan fingerprint density at radius 2 is 2.11 bits per heavy atom. The average Bonchev–Trinajstić information content (AvgIpc) is 2.44. The standard InChI is InChI=1S/C13H14N2O4/c1-18-6-7-19-15-13(17)10-8-14-11-5-3-2-4-9(11)12(10)16/h2-5,8H,6-7H2,1H3,(H,14,16)(H,15,17). The summed E-state index contributed by atoms with van der Waals surface area (Å²) in [5, 5.41) is 0.465. The number of hydrogen-bond acceptors (Lipinski definition) is 4. The first kappa shape index (κ1) is 13.3. The molecule has 0 saturated heterocycles. The molecule has 1 aromatic heterocycles. The van der Waals surface area contributed by atoms with Crippen LogP contribution in [-0.2, 0) is 9.57 Å². The van der Waals surface area contributed by atoms with Crippen LogP contribution in [0.25, 0.3) is 10.9 Å². The molecule has 0 unspecified atom stereocenters. The summed E-state index contributed by atoms with van der Waals surface area (Å²) in [7, 11) is 1.53. The molecule has 0 fully saturated rings. The van der Waals surface area contributed by atoms with Gasteiger partial charge in [-0.1, -0.05) is 12.1 Å². The molecule has 0 aliphatic rings. The number of pyridine rings is 1. The number of fused-ring (bicyclic) bond motifs is 1. The molecule has 0 aliphatic carbocycles. The van der Waals surface area contributed by atoms with Crippen LogP contribution in [0.2, 0.25) is 0 Å². The zero-order chi connectivity index (χ0) is 13.7. The Hall–Kier alpha value is -2.18. The van der Waals surface area contributed by atoms with Crippen LogP contribution in [0, 0.1) is 0 Å². The van der Waals surface area contributed by atoms with Gasteiger partial charge in [0.15, 0.2) is 0 Å². The number of amides is 1. The maximum absolute atomic E-state index is 12.1. The normalized spacial score (nSPS) is 10.6. The third-order valence-electron chi connectivity index (χ3n) is 2.59. The van der Waals surface area contributed by atoms with Gasteiger partial charge in [0.25, 0.3) is 5.91 Å². The van der Waals surface area contributed by atoms with Crippen LogP contribution in [0.3, 0.4) is 0 Å². The molecule has 0 aliphatic heterocycles. The number of carbonyl (C=O) groups excluding carboxylic acids is 1. The van der Waals surface area contributed by atoms with Crippen molar-refractivity contribution in [1.29, 1.82) is 0 Å². The van der Waals surface area contributed by atoms with E-state index in [1.165, 1.54) is 13.3 Å². The zero-order valence-electron chi connectivity index (χ0n) is 10.4. The van der Waals surface area contributed by atoms with Crippen molar-refractivity contribution in [3.8, 4) is 0 Å². The first-order valence-electron chi connectivity index (χ1n) is 5.75. The van der Waals surface area contributed by atoms with Crippen LogP contribution in [0.5, 0.6) is 0 Å². The Morgan fingerprint density at radius 3 is 2.89 bits per heavy atom. The molecule has 1 heterocycles. The van der Waals surface area contributed by atoms with Gasteiger partial charge in [0.1, 0.15) is 5.56 Å². The third-order valence-corrected chi connectivity index (χ3v) is 2.59. The van der Waals surface area contributed by atoms with Crippen molar-refractivity contribution in [2.24, 2.45) is 0 Å². The van der Waals surface area contributed by atoms with Gasteiger partial charge in [0.05, 0.1) is 13.2 Å². The quantitative estimate of drug-likeness (QED) is 0.618. The van der Waals surface area contributed by atoms with Crippen molar-refractivity contribution < 1.29 is 14.4 Å². The van der Waals surface area contributed by atoms with Crippen molar-refractivity contribution in [2.45, 2.75) is 0 Å². The zero-order valence-corrected chi connectivity index (χ0v) is 10.4. The summed E-state index contributed by atoms with van der Waals surface area (Å²) in [6.07, 6.45) is 1.37. The van der Waals surface area contributed by atoms with Gasteiger partial charge in [-0.25, -0.2) is 5.48 Å². The highest BCUT2D eigenvalue weighted by Gasteiger charge is 2.12. The molecule has 19 heavy (non-hydrogen) atoms. The summed E-state index contributed by atoms with van der Waals surface area (Å²) in [4.78, 5) is 31.7. The lowest BCUT2D eigenvalue weighted by atomic mass is 10.1. The van der Waals surface area contributed by atoms with Crippen LogP contribution in [-0.4, -0.2) is 31.2 Å². The lowest BCUT2D eigenvalue weighted by Crippen LogP contribution is -2.30. The monoisotopic (exact) mass is 262 g/mol. The van der Waals surface area contributed by atoms with Crippen LogP contribution in [0.4, 0.5) is 0 Å². The number of hydroxylamine groups is 1. The Kier molecular flexibility index (Phi) is 4.27. The molecule has 2 aromatic rings. The summed E-state index contributed by atoms with van der Waals surface area (Å²) in [6, 6.07) is 6.99. The first-order chi connectivity index (χ1) is 9.24. The Labute approximate surface area is 109 Å². The molecule has 2 rings (SSSR count). The Bertz CT molecular complexity index is 636. The van der Waals surface area contributed by atoms with Crippen molar-refractivity contribution in [2.75, 3.05) is 20.3 Å². The van der Waals surface area contributed by atoms with Gasteiger partial charge in [-0.2, -0.15) is 0 Å². The van der Waals surface area contributed by atoms with Gasteiger partial charge in [-0.3, -0.25) is 14.4 Å². The summed E-state index contributed by atoms with van der Waals surface area (Å²) in [5.74, 6) is -0.580. The fourth-order valence-electron chi connectivity index (χ4n) is 1.63. The SMILES string of the molecule is COCCONC(=O)c1c[nH]c2ccccc2c1=O. The largest absolute Gasteiger partial charge is 0.382 e. The number of methoxy groups -OCH3 is 1. The number of aromatic amines is 1. The predicted molar refractivity (Wildman–Crippen MR) is 69.9 cm³/mol. The number of benzene rings is 1. The molecule has 0 radical (unpaired) electrons. The number of ether oxygens (including phenoxy) is 1. The topological polar surface area (TPSA) is 80.4 Å². The summed E-state index contributed by atoms with van der Waals surface area (Å²) >= 11 is 0. The molecule has 1 aromatic carbocycles. The number of para-hydroxylation sites is 1. The van der Waals surface area contributed by atoms with Crippen LogP contribution >= 0.6 is 0 Å². The highest BCUT2D eigenvalue weighted by molar-refractivity contribution is 5.96. The molecular formula is C13H14N2O4. The molecule has 6 heteroatoms. The molecule has 0 bridgehead atoms. The number of carbonyl (C=O) groups is 1. The van der Waals surface area contributed by atoms with Gasteiger partial charge >= 0.3 is 0 Å². The minimum absolute atomic E-state index is 0.0103. The lowest BCUT2D eigenvalue weighted by Gasteiger charge is -2.05.